The Bertz CT molecular complexity index is 590. The van der Waals surface area contributed by atoms with Crippen LogP contribution in [0.25, 0.3) is 6.08 Å². The molecule has 0 aliphatic heterocycles. The van der Waals surface area contributed by atoms with E-state index in [-0.39, 0.29) is 0 Å². The molecule has 2 aromatic rings. The van der Waals surface area contributed by atoms with Crippen molar-refractivity contribution in [2.24, 2.45) is 0 Å². The van der Waals surface area contributed by atoms with Gasteiger partial charge in [0.2, 0.25) is 0 Å². The van der Waals surface area contributed by atoms with Gasteiger partial charge in [-0.15, -0.1) is 11.3 Å². The Kier molecular flexibility index (Phi) is 5.09. The van der Waals surface area contributed by atoms with Crippen LogP contribution in [-0.4, -0.2) is 23.0 Å². The number of carboxylic acids is 1. The molecule has 4 heteroatoms. The van der Waals surface area contributed by atoms with Crippen molar-refractivity contribution in [1.82, 2.24) is 4.90 Å². The SMILES string of the molecule is CN(Cc1cccs1)Cc1ccccc1C=CC(=O)O. The number of nitrogens with zero attached hydrogens (tertiary/aromatic N) is 1. The highest BCUT2D eigenvalue weighted by Gasteiger charge is 2.05. The fourth-order valence-corrected chi connectivity index (χ4v) is 2.80. The second-order valence-corrected chi connectivity index (χ2v) is 5.65. The smallest absolute Gasteiger partial charge is 0.328 e. The minimum Gasteiger partial charge on any atom is -0.478 e. The van der Waals surface area contributed by atoms with Gasteiger partial charge in [0.15, 0.2) is 0 Å². The molecule has 0 spiro atoms. The van der Waals surface area contributed by atoms with E-state index in [2.05, 4.69) is 29.5 Å². The van der Waals surface area contributed by atoms with Crippen LogP contribution >= 0.6 is 11.3 Å². The Labute approximate surface area is 122 Å². The fraction of sp³-hybridized carbons (Fsp3) is 0.188. The number of hydrogen-bond donors (Lipinski definition) is 1. The molecule has 104 valence electrons. The molecule has 0 aliphatic carbocycles. The van der Waals surface area contributed by atoms with E-state index >= 15 is 0 Å². The van der Waals surface area contributed by atoms with Gasteiger partial charge in [0.05, 0.1) is 0 Å². The molecule has 0 saturated carbocycles. The van der Waals surface area contributed by atoms with E-state index < -0.39 is 5.97 Å². The average molecular weight is 287 g/mol. The summed E-state index contributed by atoms with van der Waals surface area (Å²) in [7, 11) is 2.07. The van der Waals surface area contributed by atoms with E-state index in [1.165, 1.54) is 11.0 Å². The molecule has 1 heterocycles. The minimum absolute atomic E-state index is 0.790. The van der Waals surface area contributed by atoms with E-state index in [0.29, 0.717) is 0 Å². The quantitative estimate of drug-likeness (QED) is 0.827. The molecule has 0 atom stereocenters. The number of rotatable bonds is 6. The fourth-order valence-electron chi connectivity index (χ4n) is 2.02. The van der Waals surface area contributed by atoms with Gasteiger partial charge in [-0.25, -0.2) is 4.79 Å². The first-order chi connectivity index (χ1) is 9.65. The Balaban J connectivity index is 2.06. The predicted molar refractivity (Wildman–Crippen MR) is 82.6 cm³/mol. The molecule has 0 saturated heterocycles. The Morgan fingerprint density at radius 1 is 1.25 bits per heavy atom. The summed E-state index contributed by atoms with van der Waals surface area (Å²) in [6.45, 7) is 1.69. The van der Waals surface area contributed by atoms with Gasteiger partial charge < -0.3 is 5.11 Å². The second kappa shape index (κ2) is 7.03. The molecule has 1 N–H and O–H groups in total. The lowest BCUT2D eigenvalue weighted by molar-refractivity contribution is -0.131. The zero-order chi connectivity index (χ0) is 14.4. The van der Waals surface area contributed by atoms with Crippen molar-refractivity contribution in [3.8, 4) is 0 Å². The molecule has 1 aromatic carbocycles. The van der Waals surface area contributed by atoms with Crippen molar-refractivity contribution in [3.05, 3.63) is 63.9 Å². The highest BCUT2D eigenvalue weighted by Crippen LogP contribution is 2.16. The van der Waals surface area contributed by atoms with Crippen molar-refractivity contribution in [1.29, 1.82) is 0 Å². The van der Waals surface area contributed by atoms with E-state index in [0.717, 1.165) is 24.2 Å². The Hall–Kier alpha value is -1.91. The lowest BCUT2D eigenvalue weighted by Gasteiger charge is -2.17. The van der Waals surface area contributed by atoms with Gasteiger partial charge >= 0.3 is 5.97 Å². The Morgan fingerprint density at radius 3 is 2.75 bits per heavy atom. The molecular weight excluding hydrogens is 270 g/mol. The lowest BCUT2D eigenvalue weighted by atomic mass is 10.1. The third-order valence-electron chi connectivity index (χ3n) is 2.91. The van der Waals surface area contributed by atoms with Gasteiger partial charge in [-0.1, -0.05) is 30.3 Å². The molecule has 0 unspecified atom stereocenters. The van der Waals surface area contributed by atoms with Crippen LogP contribution in [-0.2, 0) is 17.9 Å². The van der Waals surface area contributed by atoms with E-state index in [4.69, 9.17) is 5.11 Å². The minimum atomic E-state index is -0.924. The van der Waals surface area contributed by atoms with Crippen LogP contribution in [0.1, 0.15) is 16.0 Å². The maximum Gasteiger partial charge on any atom is 0.328 e. The molecule has 20 heavy (non-hydrogen) atoms. The van der Waals surface area contributed by atoms with Crippen molar-refractivity contribution < 1.29 is 9.90 Å². The maximum absolute atomic E-state index is 10.6. The van der Waals surface area contributed by atoms with Crippen LogP contribution in [0.15, 0.2) is 47.9 Å². The zero-order valence-electron chi connectivity index (χ0n) is 11.3. The summed E-state index contributed by atoms with van der Waals surface area (Å²) in [6.07, 6.45) is 2.83. The molecule has 0 aliphatic rings. The molecular formula is C16H17NO2S. The standard InChI is InChI=1S/C16H17NO2S/c1-17(12-15-7-4-10-20-15)11-14-6-3-2-5-13(14)8-9-16(18)19/h2-10H,11-12H2,1H3,(H,18,19). The number of aliphatic carboxylic acids is 1. The third-order valence-corrected chi connectivity index (χ3v) is 3.77. The average Bonchev–Trinajstić information content (AvgIpc) is 2.90. The van der Waals surface area contributed by atoms with E-state index in [1.54, 1.807) is 17.4 Å². The second-order valence-electron chi connectivity index (χ2n) is 4.62. The van der Waals surface area contributed by atoms with Crippen LogP contribution in [0.2, 0.25) is 0 Å². The summed E-state index contributed by atoms with van der Waals surface area (Å²) in [5.74, 6) is -0.924. The topological polar surface area (TPSA) is 40.5 Å². The van der Waals surface area contributed by atoms with Gasteiger partial charge in [-0.2, -0.15) is 0 Å². The first-order valence-corrected chi connectivity index (χ1v) is 7.23. The summed E-state index contributed by atoms with van der Waals surface area (Å²) in [6, 6.07) is 12.0. The van der Waals surface area contributed by atoms with Crippen molar-refractivity contribution >= 4 is 23.4 Å². The molecule has 0 bridgehead atoms. The molecule has 2 rings (SSSR count). The Morgan fingerprint density at radius 2 is 2.05 bits per heavy atom. The van der Waals surface area contributed by atoms with Crippen LogP contribution < -0.4 is 0 Å². The van der Waals surface area contributed by atoms with E-state index in [1.807, 2.05) is 24.3 Å². The largest absolute Gasteiger partial charge is 0.478 e. The van der Waals surface area contributed by atoms with Crippen LogP contribution in [0.3, 0.4) is 0 Å². The van der Waals surface area contributed by atoms with Crippen molar-refractivity contribution in [2.45, 2.75) is 13.1 Å². The maximum atomic E-state index is 10.6. The van der Waals surface area contributed by atoms with Gasteiger partial charge in [-0.05, 0) is 35.7 Å². The van der Waals surface area contributed by atoms with Gasteiger partial charge in [0.25, 0.3) is 0 Å². The van der Waals surface area contributed by atoms with Crippen molar-refractivity contribution in [3.63, 3.8) is 0 Å². The van der Waals surface area contributed by atoms with Crippen LogP contribution in [0.4, 0.5) is 0 Å². The summed E-state index contributed by atoms with van der Waals surface area (Å²) in [5, 5.41) is 10.8. The predicted octanol–water partition coefficient (Wildman–Crippen LogP) is 3.48. The summed E-state index contributed by atoms with van der Waals surface area (Å²) in [5.41, 5.74) is 2.08. The van der Waals surface area contributed by atoms with Crippen LogP contribution in [0, 0.1) is 0 Å². The number of benzene rings is 1. The van der Waals surface area contributed by atoms with Gasteiger partial charge in [0.1, 0.15) is 0 Å². The number of carbonyl (C=O) groups is 1. The van der Waals surface area contributed by atoms with Gasteiger partial charge in [0, 0.05) is 24.0 Å². The van der Waals surface area contributed by atoms with Gasteiger partial charge in [-0.3, -0.25) is 4.90 Å². The molecule has 3 nitrogen and oxygen atoms in total. The monoisotopic (exact) mass is 287 g/mol. The number of hydrogen-bond acceptors (Lipinski definition) is 3. The summed E-state index contributed by atoms with van der Waals surface area (Å²) < 4.78 is 0. The van der Waals surface area contributed by atoms with E-state index in [9.17, 15) is 4.79 Å². The zero-order valence-corrected chi connectivity index (χ0v) is 12.1. The summed E-state index contributed by atoms with van der Waals surface area (Å²) in [4.78, 5) is 14.2. The summed E-state index contributed by atoms with van der Waals surface area (Å²) >= 11 is 1.75. The molecule has 1 aromatic heterocycles. The third kappa shape index (κ3) is 4.33. The number of carboxylic acid groups (broad SMARTS) is 1. The van der Waals surface area contributed by atoms with Crippen LogP contribution in [0.5, 0.6) is 0 Å². The number of thiophene rings is 1. The van der Waals surface area contributed by atoms with Crippen molar-refractivity contribution in [2.75, 3.05) is 7.05 Å². The first kappa shape index (κ1) is 14.5. The first-order valence-electron chi connectivity index (χ1n) is 6.35. The normalized spacial score (nSPS) is 11.3. The highest BCUT2D eigenvalue weighted by molar-refractivity contribution is 7.09. The lowest BCUT2D eigenvalue weighted by Crippen LogP contribution is -2.17. The molecule has 0 radical (unpaired) electrons. The molecule has 0 amide bonds. The molecule has 0 fully saturated rings. The highest BCUT2D eigenvalue weighted by atomic mass is 32.1.